The van der Waals surface area contributed by atoms with Gasteiger partial charge in [-0.1, -0.05) is 19.3 Å². The van der Waals surface area contributed by atoms with Gasteiger partial charge in [0.05, 0.1) is 11.4 Å². The number of hydrogen-bond donors (Lipinski definition) is 1. The molecule has 2 heterocycles. The van der Waals surface area contributed by atoms with Gasteiger partial charge in [-0.25, -0.2) is 4.98 Å². The molecule has 104 valence electrons. The number of hydrogen-bond acceptors (Lipinski definition) is 3. The third-order valence-corrected chi connectivity index (χ3v) is 5.27. The molecule has 1 aliphatic rings. The highest BCUT2D eigenvalue weighted by atomic mass is 32.1. The summed E-state index contributed by atoms with van der Waals surface area (Å²) in [6.07, 6.45) is 9.18. The van der Waals surface area contributed by atoms with Crippen LogP contribution in [0.2, 0.25) is 0 Å². The van der Waals surface area contributed by atoms with E-state index >= 15 is 0 Å². The first kappa shape index (κ1) is 13.1. The van der Waals surface area contributed by atoms with E-state index in [1.165, 1.54) is 37.8 Å². The van der Waals surface area contributed by atoms with Crippen LogP contribution in [0.5, 0.6) is 0 Å². The lowest BCUT2D eigenvalue weighted by atomic mass is 9.84. The van der Waals surface area contributed by atoms with Crippen molar-refractivity contribution in [3.8, 4) is 0 Å². The van der Waals surface area contributed by atoms with Gasteiger partial charge in [0.2, 0.25) is 0 Å². The van der Waals surface area contributed by atoms with Crippen LogP contribution in [0.25, 0.3) is 4.96 Å². The number of fused-ring (bicyclic) bond motifs is 1. The zero-order valence-electron chi connectivity index (χ0n) is 11.9. The van der Waals surface area contributed by atoms with E-state index in [-0.39, 0.29) is 0 Å². The maximum absolute atomic E-state index is 4.61. The Hall–Kier alpha value is -0.870. The van der Waals surface area contributed by atoms with E-state index in [0.717, 1.165) is 23.1 Å². The zero-order chi connectivity index (χ0) is 13.2. The lowest BCUT2D eigenvalue weighted by Gasteiger charge is -2.28. The maximum atomic E-state index is 4.61. The van der Waals surface area contributed by atoms with Gasteiger partial charge in [0, 0.05) is 24.2 Å². The zero-order valence-corrected chi connectivity index (χ0v) is 12.7. The molecule has 1 atom stereocenters. The first-order chi connectivity index (χ1) is 9.25. The molecule has 3 nitrogen and oxygen atoms in total. The molecule has 0 amide bonds. The molecule has 0 aliphatic heterocycles. The summed E-state index contributed by atoms with van der Waals surface area (Å²) in [6, 6.07) is 0.615. The van der Waals surface area contributed by atoms with E-state index in [0.29, 0.717) is 6.04 Å². The average molecular weight is 277 g/mol. The summed E-state index contributed by atoms with van der Waals surface area (Å²) in [5.41, 5.74) is 2.48. The fraction of sp³-hybridized carbons (Fsp3) is 0.667. The molecule has 1 saturated carbocycles. The van der Waals surface area contributed by atoms with Crippen molar-refractivity contribution in [3.05, 3.63) is 23.0 Å². The summed E-state index contributed by atoms with van der Waals surface area (Å²) in [4.78, 5) is 5.72. The quantitative estimate of drug-likeness (QED) is 0.922. The summed E-state index contributed by atoms with van der Waals surface area (Å²) < 4.78 is 2.22. The minimum Gasteiger partial charge on any atom is -0.308 e. The summed E-state index contributed by atoms with van der Waals surface area (Å²) in [5, 5.41) is 5.83. The molecule has 2 aromatic heterocycles. The number of nitrogens with one attached hydrogen (secondary N) is 1. The van der Waals surface area contributed by atoms with Gasteiger partial charge in [0.25, 0.3) is 0 Å². The summed E-state index contributed by atoms with van der Waals surface area (Å²) in [7, 11) is 0. The minimum absolute atomic E-state index is 0.615. The highest BCUT2D eigenvalue weighted by Crippen LogP contribution is 2.26. The molecule has 4 heteroatoms. The van der Waals surface area contributed by atoms with Crippen LogP contribution in [-0.4, -0.2) is 15.4 Å². The molecule has 0 aromatic carbocycles. The summed E-state index contributed by atoms with van der Waals surface area (Å²) in [6.45, 7) is 5.39. The standard InChI is InChI=1S/C15H23N3S/c1-11(13-6-4-3-5-7-13)16-10-14-12(2)17-15-18(14)8-9-19-15/h8-9,11,13,16H,3-7,10H2,1-2H3/t11-/m0/s1. The van der Waals surface area contributed by atoms with Gasteiger partial charge in [-0.05, 0) is 32.6 Å². The van der Waals surface area contributed by atoms with Gasteiger partial charge in [0.1, 0.15) is 0 Å². The highest BCUT2D eigenvalue weighted by molar-refractivity contribution is 7.15. The van der Waals surface area contributed by atoms with Crippen molar-refractivity contribution in [2.24, 2.45) is 5.92 Å². The van der Waals surface area contributed by atoms with Crippen LogP contribution < -0.4 is 5.32 Å². The van der Waals surface area contributed by atoms with E-state index in [1.807, 2.05) is 0 Å². The fourth-order valence-electron chi connectivity index (χ4n) is 3.21. The van der Waals surface area contributed by atoms with Gasteiger partial charge in [-0.3, -0.25) is 4.40 Å². The van der Waals surface area contributed by atoms with E-state index in [1.54, 1.807) is 11.3 Å². The molecular formula is C15H23N3S. The molecule has 0 spiro atoms. The second-order valence-corrected chi connectivity index (χ2v) is 6.64. The Bertz CT molecular complexity index is 537. The molecule has 1 aliphatic carbocycles. The Morgan fingerprint density at radius 1 is 1.42 bits per heavy atom. The summed E-state index contributed by atoms with van der Waals surface area (Å²) in [5.74, 6) is 0.861. The van der Waals surface area contributed by atoms with Crippen molar-refractivity contribution < 1.29 is 0 Å². The SMILES string of the molecule is Cc1nc2sccn2c1CN[C@@H](C)C1CCCCC1. The lowest BCUT2D eigenvalue weighted by molar-refractivity contribution is 0.280. The molecule has 2 aromatic rings. The van der Waals surface area contributed by atoms with Crippen LogP contribution in [0.3, 0.4) is 0 Å². The van der Waals surface area contributed by atoms with Crippen molar-refractivity contribution in [2.45, 2.75) is 58.5 Å². The Morgan fingerprint density at radius 2 is 2.21 bits per heavy atom. The number of thiazole rings is 1. The largest absolute Gasteiger partial charge is 0.308 e. The predicted octanol–water partition coefficient (Wildman–Crippen LogP) is 3.76. The number of nitrogens with zero attached hydrogens (tertiary/aromatic N) is 2. The molecule has 3 rings (SSSR count). The second-order valence-electron chi connectivity index (χ2n) is 5.77. The first-order valence-corrected chi connectivity index (χ1v) is 8.28. The number of aryl methyl sites for hydroxylation is 1. The van der Waals surface area contributed by atoms with Crippen molar-refractivity contribution in [1.29, 1.82) is 0 Å². The van der Waals surface area contributed by atoms with E-state index in [2.05, 4.69) is 40.1 Å². The molecule has 0 radical (unpaired) electrons. The van der Waals surface area contributed by atoms with Gasteiger partial charge >= 0.3 is 0 Å². The maximum Gasteiger partial charge on any atom is 0.194 e. The Balaban J connectivity index is 1.65. The third-order valence-electron chi connectivity index (χ3n) is 4.51. The van der Waals surface area contributed by atoms with Gasteiger partial charge < -0.3 is 5.32 Å². The smallest absolute Gasteiger partial charge is 0.194 e. The molecule has 0 saturated heterocycles. The molecule has 19 heavy (non-hydrogen) atoms. The Kier molecular flexibility index (Phi) is 3.89. The normalized spacial score (nSPS) is 19.1. The number of aromatic nitrogens is 2. The van der Waals surface area contributed by atoms with Gasteiger partial charge in [0.15, 0.2) is 4.96 Å². The van der Waals surface area contributed by atoms with Crippen molar-refractivity contribution >= 4 is 16.3 Å². The fourth-order valence-corrected chi connectivity index (χ4v) is 3.99. The van der Waals surface area contributed by atoms with Crippen LogP contribution >= 0.6 is 11.3 Å². The highest BCUT2D eigenvalue weighted by Gasteiger charge is 2.20. The summed E-state index contributed by atoms with van der Waals surface area (Å²) >= 11 is 1.71. The lowest BCUT2D eigenvalue weighted by Crippen LogP contribution is -2.34. The van der Waals surface area contributed by atoms with Gasteiger partial charge in [-0.15, -0.1) is 11.3 Å². The molecule has 1 N–H and O–H groups in total. The molecule has 1 fully saturated rings. The van der Waals surface area contributed by atoms with Crippen LogP contribution in [-0.2, 0) is 6.54 Å². The van der Waals surface area contributed by atoms with E-state index < -0.39 is 0 Å². The number of rotatable bonds is 4. The van der Waals surface area contributed by atoms with Crippen LogP contribution in [0.15, 0.2) is 11.6 Å². The van der Waals surface area contributed by atoms with Crippen LogP contribution in [0, 0.1) is 12.8 Å². The predicted molar refractivity (Wildman–Crippen MR) is 80.7 cm³/mol. The topological polar surface area (TPSA) is 29.3 Å². The molecule has 0 unspecified atom stereocenters. The van der Waals surface area contributed by atoms with Crippen LogP contribution in [0.1, 0.15) is 50.4 Å². The van der Waals surface area contributed by atoms with Gasteiger partial charge in [-0.2, -0.15) is 0 Å². The number of imidazole rings is 1. The van der Waals surface area contributed by atoms with Crippen LogP contribution in [0.4, 0.5) is 0 Å². The molecular weight excluding hydrogens is 254 g/mol. The monoisotopic (exact) mass is 277 g/mol. The minimum atomic E-state index is 0.615. The Morgan fingerprint density at radius 3 is 3.00 bits per heavy atom. The third kappa shape index (κ3) is 2.70. The average Bonchev–Trinajstić information content (AvgIpc) is 2.98. The van der Waals surface area contributed by atoms with Crippen molar-refractivity contribution in [2.75, 3.05) is 0 Å². The molecule has 0 bridgehead atoms. The Labute approximate surface area is 119 Å². The van der Waals surface area contributed by atoms with Crippen molar-refractivity contribution in [1.82, 2.24) is 14.7 Å². The first-order valence-electron chi connectivity index (χ1n) is 7.40. The second kappa shape index (κ2) is 5.63. The van der Waals surface area contributed by atoms with E-state index in [9.17, 15) is 0 Å². The van der Waals surface area contributed by atoms with Crippen molar-refractivity contribution in [3.63, 3.8) is 0 Å². The van der Waals surface area contributed by atoms with E-state index in [4.69, 9.17) is 0 Å².